The average molecular weight is 1250 g/mol. The van der Waals surface area contributed by atoms with E-state index < -0.39 is 69.8 Å². The van der Waals surface area contributed by atoms with E-state index in [-0.39, 0.29) is 31.3 Å². The number of nitrogens with one attached hydrogen (secondary N) is 3. The SMILES string of the molecule is CC(C)(C)OC(=O)COCCOCCOCCNC(=O)C1(C)CCC(c2ccc(Cl)cc2)=C(CN2CCN(c3ccc(C(=O)NS(=O)(=O)c4ccc(NC(CCN5CCOCC5)CSc5ccccc5)c(S(=O)(=O)C(F)(F)F)c4)cc3)CC2)C1. The van der Waals surface area contributed by atoms with Crippen LogP contribution in [0.1, 0.15) is 69.3 Å². The van der Waals surface area contributed by atoms with E-state index in [0.29, 0.717) is 134 Å². The molecule has 4 aromatic carbocycles. The quantitative estimate of drug-likeness (QED) is 0.0277. The van der Waals surface area contributed by atoms with E-state index in [1.807, 2.05) is 66.2 Å². The second-order valence-electron chi connectivity index (χ2n) is 22.0. The number of sulfonamides is 1. The van der Waals surface area contributed by atoms with Gasteiger partial charge in [0.1, 0.15) is 17.1 Å². The van der Waals surface area contributed by atoms with Gasteiger partial charge in [-0.1, -0.05) is 54.4 Å². The van der Waals surface area contributed by atoms with Crippen molar-refractivity contribution in [3.63, 3.8) is 0 Å². The molecule has 0 saturated carbocycles. The number of sulfone groups is 1. The highest BCUT2D eigenvalue weighted by molar-refractivity contribution is 7.99. The first kappa shape index (κ1) is 66.2. The Morgan fingerprint density at radius 2 is 1.45 bits per heavy atom. The molecule has 0 radical (unpaired) electrons. The Kier molecular flexibility index (Phi) is 24.0. The number of carbonyl (C=O) groups is 3. The molecule has 0 spiro atoms. The minimum Gasteiger partial charge on any atom is -0.458 e. The van der Waals surface area contributed by atoms with Crippen molar-refractivity contribution >= 4 is 78.0 Å². The molecule has 2 unspecified atom stereocenters. The van der Waals surface area contributed by atoms with Crippen LogP contribution in [-0.2, 0) is 53.1 Å². The molecule has 18 nitrogen and oxygen atoms in total. The van der Waals surface area contributed by atoms with Crippen molar-refractivity contribution < 1.29 is 68.1 Å². The molecule has 2 atom stereocenters. The number of esters is 1. The zero-order valence-corrected chi connectivity index (χ0v) is 51.1. The molecule has 84 heavy (non-hydrogen) atoms. The summed E-state index contributed by atoms with van der Waals surface area (Å²) in [6.07, 6.45) is 2.30. The lowest BCUT2D eigenvalue weighted by atomic mass is 9.70. The predicted molar refractivity (Wildman–Crippen MR) is 318 cm³/mol. The molecule has 25 heteroatoms. The summed E-state index contributed by atoms with van der Waals surface area (Å²) in [4.78, 5) is 44.5. The third-order valence-corrected chi connectivity index (χ3v) is 18.7. The van der Waals surface area contributed by atoms with E-state index in [4.69, 9.17) is 35.3 Å². The largest absolute Gasteiger partial charge is 0.501 e. The lowest BCUT2D eigenvalue weighted by Crippen LogP contribution is -2.48. The number of alkyl halides is 3. The van der Waals surface area contributed by atoms with Crippen LogP contribution < -0.4 is 20.3 Å². The van der Waals surface area contributed by atoms with Crippen molar-refractivity contribution in [2.45, 2.75) is 85.2 Å². The fourth-order valence-corrected chi connectivity index (χ4v) is 13.1. The van der Waals surface area contributed by atoms with E-state index in [9.17, 15) is 44.4 Å². The zero-order chi connectivity index (χ0) is 60.5. The number of ether oxygens (including phenoxy) is 5. The molecule has 4 aromatic rings. The second kappa shape index (κ2) is 30.4. The first-order valence-electron chi connectivity index (χ1n) is 27.9. The summed E-state index contributed by atoms with van der Waals surface area (Å²) in [5, 5.41) is 6.68. The first-order chi connectivity index (χ1) is 39.9. The van der Waals surface area contributed by atoms with Crippen molar-refractivity contribution in [1.29, 1.82) is 0 Å². The highest BCUT2D eigenvalue weighted by atomic mass is 35.5. The van der Waals surface area contributed by atoms with Gasteiger partial charge < -0.3 is 39.2 Å². The Labute approximate surface area is 500 Å². The maximum Gasteiger partial charge on any atom is 0.501 e. The van der Waals surface area contributed by atoms with E-state index in [1.54, 1.807) is 32.9 Å². The number of carbonyl (C=O) groups excluding carboxylic acids is 3. The summed E-state index contributed by atoms with van der Waals surface area (Å²) in [6, 6.07) is 25.1. The van der Waals surface area contributed by atoms with Gasteiger partial charge in [-0.15, -0.1) is 11.8 Å². The standard InChI is InChI=1S/C59H76ClF3N6O12S3/c1-57(2,3)81-54(70)41-80-37-36-79-35-34-77-31-23-64-56(72)58(4)22-20-51(43-10-14-46(60)15-11-43)45(39-58)40-68-25-27-69(28-26-68)48-16-12-44(13-17-48)55(71)66-84(75,76)50-18-19-52(53(38-50)83(73,74)59(61,62)63)65-47(21-24-67-29-32-78-33-30-67)42-82-49-8-6-5-7-9-49/h5-19,38,47,65H,20-37,39-42H2,1-4H3,(H,64,72)(H,66,71). The lowest BCUT2D eigenvalue weighted by Gasteiger charge is -2.40. The molecule has 2 heterocycles. The molecule has 7 rings (SSSR count). The zero-order valence-electron chi connectivity index (χ0n) is 47.8. The van der Waals surface area contributed by atoms with E-state index in [0.717, 1.165) is 33.9 Å². The maximum atomic E-state index is 14.3. The van der Waals surface area contributed by atoms with Crippen LogP contribution in [-0.4, -0.2) is 179 Å². The summed E-state index contributed by atoms with van der Waals surface area (Å²) in [7, 11) is -11.0. The maximum absolute atomic E-state index is 14.3. The van der Waals surface area contributed by atoms with Crippen molar-refractivity contribution in [3.8, 4) is 0 Å². The number of thioether (sulfide) groups is 1. The summed E-state index contributed by atoms with van der Waals surface area (Å²) >= 11 is 7.71. The van der Waals surface area contributed by atoms with Crippen LogP contribution in [0.4, 0.5) is 24.5 Å². The van der Waals surface area contributed by atoms with Gasteiger partial charge >= 0.3 is 11.5 Å². The number of allylic oxidation sites excluding steroid dienone is 1. The van der Waals surface area contributed by atoms with Gasteiger partial charge in [-0.2, -0.15) is 13.2 Å². The third kappa shape index (κ3) is 19.6. The van der Waals surface area contributed by atoms with Crippen molar-refractivity contribution in [2.75, 3.05) is 128 Å². The van der Waals surface area contributed by atoms with Crippen LogP contribution in [0.5, 0.6) is 0 Å². The van der Waals surface area contributed by atoms with Crippen LogP contribution in [0.15, 0.2) is 117 Å². The highest BCUT2D eigenvalue weighted by Gasteiger charge is 2.49. The Morgan fingerprint density at radius 1 is 0.798 bits per heavy atom. The Bertz CT molecular complexity index is 3090. The number of benzene rings is 4. The van der Waals surface area contributed by atoms with Gasteiger partial charge in [0.25, 0.3) is 25.8 Å². The molecular formula is C59H76ClF3N6O12S3. The number of anilines is 2. The second-order valence-corrected chi connectivity index (χ2v) is 27.1. The Balaban J connectivity index is 0.925. The number of rotatable bonds is 28. The molecule has 3 N–H and O–H groups in total. The third-order valence-electron chi connectivity index (χ3n) is 14.4. The van der Waals surface area contributed by atoms with Crippen LogP contribution in [0, 0.1) is 5.41 Å². The molecule has 2 aliphatic heterocycles. The predicted octanol–water partition coefficient (Wildman–Crippen LogP) is 8.32. The highest BCUT2D eigenvalue weighted by Crippen LogP contribution is 2.44. The van der Waals surface area contributed by atoms with E-state index in [1.165, 1.54) is 29.5 Å². The van der Waals surface area contributed by atoms with Gasteiger partial charge in [-0.25, -0.2) is 26.4 Å². The van der Waals surface area contributed by atoms with Gasteiger partial charge in [-0.05, 0) is 124 Å². The first-order valence-corrected chi connectivity index (χ1v) is 32.3. The molecule has 2 saturated heterocycles. The number of amides is 2. The molecule has 2 fully saturated rings. The molecule has 1 aliphatic carbocycles. The van der Waals surface area contributed by atoms with Crippen LogP contribution in [0.3, 0.4) is 0 Å². The molecule has 3 aliphatic rings. The minimum atomic E-state index is -6.10. The van der Waals surface area contributed by atoms with Crippen molar-refractivity contribution in [1.82, 2.24) is 19.8 Å². The molecule has 0 aromatic heterocycles. The van der Waals surface area contributed by atoms with Gasteiger partial charge in [0.2, 0.25) is 5.91 Å². The van der Waals surface area contributed by atoms with Gasteiger partial charge in [0.05, 0.1) is 62.2 Å². The number of nitrogens with zero attached hydrogens (tertiary/aromatic N) is 3. The van der Waals surface area contributed by atoms with Crippen LogP contribution in [0.2, 0.25) is 5.02 Å². The number of piperazine rings is 1. The van der Waals surface area contributed by atoms with Gasteiger partial charge in [0.15, 0.2) is 0 Å². The molecule has 0 bridgehead atoms. The van der Waals surface area contributed by atoms with Crippen molar-refractivity contribution in [2.24, 2.45) is 5.41 Å². The monoisotopic (exact) mass is 1250 g/mol. The summed E-state index contributed by atoms with van der Waals surface area (Å²) < 4.78 is 126. The summed E-state index contributed by atoms with van der Waals surface area (Å²) in [5.41, 5.74) is -3.34. The van der Waals surface area contributed by atoms with E-state index >= 15 is 0 Å². The topological polar surface area (TPSA) is 211 Å². The molecular weight excluding hydrogens is 1170 g/mol. The smallest absolute Gasteiger partial charge is 0.458 e. The lowest BCUT2D eigenvalue weighted by molar-refractivity contribution is -0.160. The van der Waals surface area contributed by atoms with Crippen LogP contribution in [0.25, 0.3) is 5.57 Å². The molecule has 460 valence electrons. The normalized spacial score (nSPS) is 18.1. The fourth-order valence-electron chi connectivity index (χ4n) is 9.93. The number of hydrogen-bond acceptors (Lipinski definition) is 17. The fraction of sp³-hybridized carbons (Fsp3) is 0.508. The van der Waals surface area contributed by atoms with Gasteiger partial charge in [-0.3, -0.25) is 19.4 Å². The minimum absolute atomic E-state index is 0.0537. The number of halogens is 4. The van der Waals surface area contributed by atoms with Crippen molar-refractivity contribution in [3.05, 3.63) is 119 Å². The summed E-state index contributed by atoms with van der Waals surface area (Å²) in [6.45, 7) is 15.1. The van der Waals surface area contributed by atoms with Gasteiger partial charge in [0, 0.05) is 91.9 Å². The molecule has 2 amide bonds. The summed E-state index contributed by atoms with van der Waals surface area (Å²) in [5.74, 6) is -1.22. The number of hydrogen-bond donors (Lipinski definition) is 3. The average Bonchev–Trinajstić information content (AvgIpc) is 1.48. The van der Waals surface area contributed by atoms with E-state index in [2.05, 4.69) is 25.3 Å². The number of morpholine rings is 1. The van der Waals surface area contributed by atoms with Crippen LogP contribution >= 0.6 is 23.4 Å². The Morgan fingerprint density at radius 3 is 2.11 bits per heavy atom. The Hall–Kier alpha value is -5.28.